The minimum absolute atomic E-state index is 0.0746. The molecule has 2 aliphatic heterocycles. The summed E-state index contributed by atoms with van der Waals surface area (Å²) in [6.07, 6.45) is 0. The van der Waals surface area contributed by atoms with Crippen LogP contribution in [0.5, 0.6) is 11.5 Å². The van der Waals surface area contributed by atoms with Crippen molar-refractivity contribution in [2.45, 2.75) is 6.04 Å². The molecule has 0 unspecified atom stereocenters. The Morgan fingerprint density at radius 1 is 0.844 bits per heavy atom. The second kappa shape index (κ2) is 8.93. The molecule has 32 heavy (non-hydrogen) atoms. The number of para-hydroxylation sites is 4. The van der Waals surface area contributed by atoms with Crippen molar-refractivity contribution in [2.24, 2.45) is 0 Å². The van der Waals surface area contributed by atoms with E-state index in [1.807, 2.05) is 77.7 Å². The molecule has 1 amide bonds. The molecular weight excluding hydrogens is 402 g/mol. The molecule has 5 rings (SSSR count). The Bertz CT molecular complexity index is 1080. The molecular formula is C26H27N3O3. The zero-order valence-electron chi connectivity index (χ0n) is 17.9. The van der Waals surface area contributed by atoms with E-state index in [2.05, 4.69) is 9.80 Å². The van der Waals surface area contributed by atoms with Gasteiger partial charge in [0.15, 0.2) is 0 Å². The van der Waals surface area contributed by atoms with E-state index in [4.69, 9.17) is 4.74 Å². The Kier molecular flexibility index (Phi) is 5.69. The van der Waals surface area contributed by atoms with Crippen molar-refractivity contribution >= 4 is 17.3 Å². The highest BCUT2D eigenvalue weighted by Crippen LogP contribution is 2.39. The number of amides is 1. The van der Waals surface area contributed by atoms with E-state index in [1.54, 1.807) is 6.07 Å². The first-order chi connectivity index (χ1) is 15.7. The first-order valence-electron chi connectivity index (χ1n) is 11.0. The van der Waals surface area contributed by atoms with Crippen molar-refractivity contribution < 1.29 is 14.6 Å². The summed E-state index contributed by atoms with van der Waals surface area (Å²) >= 11 is 0. The molecule has 2 aliphatic rings. The van der Waals surface area contributed by atoms with Gasteiger partial charge in [0.1, 0.15) is 18.1 Å². The molecule has 0 aromatic heterocycles. The number of benzene rings is 3. The minimum atomic E-state index is -0.152. The molecule has 3 aromatic carbocycles. The van der Waals surface area contributed by atoms with E-state index >= 15 is 0 Å². The van der Waals surface area contributed by atoms with Crippen molar-refractivity contribution in [1.82, 2.24) is 4.90 Å². The number of phenolic OH excluding ortho intramolecular Hbond substituents is 1. The Balaban J connectivity index is 1.32. The fourth-order valence-corrected chi connectivity index (χ4v) is 4.56. The molecule has 1 N–H and O–H groups in total. The molecule has 1 atom stereocenters. The molecule has 1 saturated heterocycles. The zero-order valence-corrected chi connectivity index (χ0v) is 17.9. The summed E-state index contributed by atoms with van der Waals surface area (Å²) in [5, 5.41) is 10.1. The normalized spacial score (nSPS) is 18.7. The highest BCUT2D eigenvalue weighted by atomic mass is 16.5. The SMILES string of the molecule is O=C(CN1CCN(c2ccccc2O)CC1)N1c2ccccc2OC[C@@H]1c1ccccc1. The summed E-state index contributed by atoms with van der Waals surface area (Å²) in [6, 6.07) is 25.1. The lowest BCUT2D eigenvalue weighted by molar-refractivity contribution is -0.120. The topological polar surface area (TPSA) is 56.2 Å². The van der Waals surface area contributed by atoms with Crippen LogP contribution >= 0.6 is 0 Å². The average Bonchev–Trinajstić information content (AvgIpc) is 2.85. The molecule has 6 heteroatoms. The number of carbonyl (C=O) groups is 1. The predicted octanol–water partition coefficient (Wildman–Crippen LogP) is 3.68. The van der Waals surface area contributed by atoms with Crippen LogP contribution in [0.1, 0.15) is 11.6 Å². The number of hydrogen-bond acceptors (Lipinski definition) is 5. The van der Waals surface area contributed by atoms with Gasteiger partial charge in [-0.25, -0.2) is 0 Å². The first kappa shape index (κ1) is 20.4. The molecule has 0 bridgehead atoms. The lowest BCUT2D eigenvalue weighted by Gasteiger charge is -2.40. The van der Waals surface area contributed by atoms with E-state index in [9.17, 15) is 9.90 Å². The maximum absolute atomic E-state index is 13.6. The van der Waals surface area contributed by atoms with Crippen LogP contribution in [0.15, 0.2) is 78.9 Å². The quantitative estimate of drug-likeness (QED) is 0.686. The lowest BCUT2D eigenvalue weighted by atomic mass is 10.0. The standard InChI is InChI=1S/C26H27N3O3/c30-24-12-6-4-10-21(24)28-16-14-27(15-17-28)18-26(31)29-22-11-5-7-13-25(22)32-19-23(29)20-8-2-1-3-9-20/h1-13,23,30H,14-19H2/t23-/m1/s1. The summed E-state index contributed by atoms with van der Waals surface area (Å²) in [6.45, 7) is 3.86. The van der Waals surface area contributed by atoms with E-state index in [-0.39, 0.29) is 11.9 Å². The molecule has 0 radical (unpaired) electrons. The monoisotopic (exact) mass is 429 g/mol. The summed E-state index contributed by atoms with van der Waals surface area (Å²) < 4.78 is 6.00. The van der Waals surface area contributed by atoms with Gasteiger partial charge in [-0.05, 0) is 29.8 Å². The van der Waals surface area contributed by atoms with Gasteiger partial charge in [0.05, 0.1) is 24.0 Å². The molecule has 0 saturated carbocycles. The van der Waals surface area contributed by atoms with Crippen molar-refractivity contribution in [3.63, 3.8) is 0 Å². The number of fused-ring (bicyclic) bond motifs is 1. The first-order valence-corrected chi connectivity index (χ1v) is 11.0. The lowest BCUT2D eigenvalue weighted by Crippen LogP contribution is -2.51. The fraction of sp³-hybridized carbons (Fsp3) is 0.269. The second-order valence-electron chi connectivity index (χ2n) is 8.22. The number of phenols is 1. The molecule has 2 heterocycles. The Hall–Kier alpha value is -3.51. The highest BCUT2D eigenvalue weighted by molar-refractivity contribution is 5.97. The minimum Gasteiger partial charge on any atom is -0.506 e. The van der Waals surface area contributed by atoms with Crippen LogP contribution in [-0.2, 0) is 4.79 Å². The van der Waals surface area contributed by atoms with Crippen molar-refractivity contribution in [3.8, 4) is 11.5 Å². The predicted molar refractivity (Wildman–Crippen MR) is 125 cm³/mol. The fourth-order valence-electron chi connectivity index (χ4n) is 4.56. The van der Waals surface area contributed by atoms with Gasteiger partial charge in [0.25, 0.3) is 0 Å². The molecule has 1 fully saturated rings. The van der Waals surface area contributed by atoms with Gasteiger partial charge in [-0.3, -0.25) is 14.6 Å². The van der Waals surface area contributed by atoms with Crippen molar-refractivity contribution in [3.05, 3.63) is 84.4 Å². The smallest absolute Gasteiger partial charge is 0.241 e. The van der Waals surface area contributed by atoms with Gasteiger partial charge < -0.3 is 14.7 Å². The van der Waals surface area contributed by atoms with Crippen molar-refractivity contribution in [2.75, 3.05) is 49.1 Å². The number of ether oxygens (including phenoxy) is 1. The molecule has 0 aliphatic carbocycles. The Morgan fingerprint density at radius 2 is 1.50 bits per heavy atom. The van der Waals surface area contributed by atoms with Gasteiger partial charge in [0.2, 0.25) is 5.91 Å². The van der Waals surface area contributed by atoms with E-state index in [0.29, 0.717) is 18.9 Å². The third-order valence-corrected chi connectivity index (χ3v) is 6.24. The molecule has 3 aromatic rings. The maximum atomic E-state index is 13.6. The van der Waals surface area contributed by atoms with E-state index < -0.39 is 0 Å². The van der Waals surface area contributed by atoms with Crippen LogP contribution in [0.4, 0.5) is 11.4 Å². The highest BCUT2D eigenvalue weighted by Gasteiger charge is 2.34. The van der Waals surface area contributed by atoms with Crippen LogP contribution in [-0.4, -0.2) is 55.2 Å². The number of anilines is 2. The van der Waals surface area contributed by atoms with Gasteiger partial charge in [-0.2, -0.15) is 0 Å². The summed E-state index contributed by atoms with van der Waals surface area (Å²) in [5.41, 5.74) is 2.75. The molecule has 0 spiro atoms. The molecule has 164 valence electrons. The van der Waals surface area contributed by atoms with E-state index in [0.717, 1.165) is 48.9 Å². The molecule has 6 nitrogen and oxygen atoms in total. The average molecular weight is 430 g/mol. The second-order valence-corrected chi connectivity index (χ2v) is 8.22. The zero-order chi connectivity index (χ0) is 21.9. The van der Waals surface area contributed by atoms with Gasteiger partial charge >= 0.3 is 0 Å². The van der Waals surface area contributed by atoms with E-state index in [1.165, 1.54) is 0 Å². The summed E-state index contributed by atoms with van der Waals surface area (Å²) in [7, 11) is 0. The number of rotatable bonds is 4. The number of carbonyl (C=O) groups excluding carboxylic acids is 1. The van der Waals surface area contributed by atoms with Crippen LogP contribution in [0.3, 0.4) is 0 Å². The number of nitrogens with zero attached hydrogens (tertiary/aromatic N) is 3. The van der Waals surface area contributed by atoms with Gasteiger partial charge in [0, 0.05) is 26.2 Å². The van der Waals surface area contributed by atoms with Crippen LogP contribution < -0.4 is 14.5 Å². The largest absolute Gasteiger partial charge is 0.506 e. The number of piperazine rings is 1. The third-order valence-electron chi connectivity index (χ3n) is 6.24. The van der Waals surface area contributed by atoms with Gasteiger partial charge in [-0.1, -0.05) is 54.6 Å². The van der Waals surface area contributed by atoms with Gasteiger partial charge in [-0.15, -0.1) is 0 Å². The van der Waals surface area contributed by atoms with Crippen LogP contribution in [0.2, 0.25) is 0 Å². The number of hydrogen-bond donors (Lipinski definition) is 1. The number of aromatic hydroxyl groups is 1. The van der Waals surface area contributed by atoms with Crippen molar-refractivity contribution in [1.29, 1.82) is 0 Å². The van der Waals surface area contributed by atoms with Crippen LogP contribution in [0, 0.1) is 0 Å². The Labute approximate surface area is 188 Å². The summed E-state index contributed by atoms with van der Waals surface area (Å²) in [4.78, 5) is 19.9. The maximum Gasteiger partial charge on any atom is 0.241 e. The summed E-state index contributed by atoms with van der Waals surface area (Å²) in [5.74, 6) is 1.12. The van der Waals surface area contributed by atoms with Crippen LogP contribution in [0.25, 0.3) is 0 Å². The third kappa shape index (κ3) is 4.01. The Morgan fingerprint density at radius 3 is 2.25 bits per heavy atom.